The minimum absolute atomic E-state index is 0.0852. The molecule has 0 unspecified atom stereocenters. The second-order valence-electron chi connectivity index (χ2n) is 3.66. The number of rotatable bonds is 3. The third kappa shape index (κ3) is 4.09. The van der Waals surface area contributed by atoms with E-state index in [4.69, 9.17) is 0 Å². The number of amides is 1. The summed E-state index contributed by atoms with van der Waals surface area (Å²) in [7, 11) is 0. The summed E-state index contributed by atoms with van der Waals surface area (Å²) in [6.07, 6.45) is 0.575. The van der Waals surface area contributed by atoms with E-state index in [1.165, 1.54) is 0 Å². The quantitative estimate of drug-likeness (QED) is 0.853. The molecule has 1 aromatic rings. The number of benzene rings is 1. The van der Waals surface area contributed by atoms with Gasteiger partial charge in [-0.3, -0.25) is 4.79 Å². The zero-order chi connectivity index (χ0) is 10.6. The Labute approximate surface area is 98.2 Å². The topological polar surface area (TPSA) is 29.1 Å². The molecule has 0 saturated carbocycles. The van der Waals surface area contributed by atoms with E-state index in [1.807, 2.05) is 38.1 Å². The van der Waals surface area contributed by atoms with Crippen LogP contribution in [0.2, 0.25) is 0 Å². The molecular weight excluding hydrogens is 289 g/mol. The normalized spacial score (nSPS) is 10.3. The third-order valence-electron chi connectivity index (χ3n) is 1.70. The van der Waals surface area contributed by atoms with Crippen molar-refractivity contribution in [1.29, 1.82) is 0 Å². The molecule has 0 aliphatic heterocycles. The Bertz CT molecular complexity index is 323. The van der Waals surface area contributed by atoms with Gasteiger partial charge in [0, 0.05) is 15.7 Å². The second kappa shape index (κ2) is 5.34. The maximum Gasteiger partial charge on any atom is 0.224 e. The molecule has 0 aliphatic carbocycles. The van der Waals surface area contributed by atoms with Crippen LogP contribution in [-0.2, 0) is 4.79 Å². The van der Waals surface area contributed by atoms with E-state index in [-0.39, 0.29) is 5.91 Å². The van der Waals surface area contributed by atoms with Crippen molar-refractivity contribution in [2.45, 2.75) is 20.3 Å². The fourth-order valence-electron chi connectivity index (χ4n) is 1.15. The van der Waals surface area contributed by atoms with E-state index in [0.717, 1.165) is 9.26 Å². The second-order valence-corrected chi connectivity index (χ2v) is 4.90. The molecule has 2 nitrogen and oxygen atoms in total. The van der Waals surface area contributed by atoms with E-state index in [1.54, 1.807) is 0 Å². The smallest absolute Gasteiger partial charge is 0.224 e. The van der Waals surface area contributed by atoms with Gasteiger partial charge in [-0.25, -0.2) is 0 Å². The van der Waals surface area contributed by atoms with Gasteiger partial charge in [-0.1, -0.05) is 19.9 Å². The zero-order valence-electron chi connectivity index (χ0n) is 8.38. The van der Waals surface area contributed by atoms with Crippen molar-refractivity contribution in [3.8, 4) is 0 Å². The largest absolute Gasteiger partial charge is 0.326 e. The van der Waals surface area contributed by atoms with Crippen molar-refractivity contribution in [2.75, 3.05) is 5.32 Å². The van der Waals surface area contributed by atoms with Crippen molar-refractivity contribution in [1.82, 2.24) is 0 Å². The summed E-state index contributed by atoms with van der Waals surface area (Å²) in [5, 5.41) is 2.87. The lowest BCUT2D eigenvalue weighted by atomic mass is 10.1. The van der Waals surface area contributed by atoms with Gasteiger partial charge in [-0.2, -0.15) is 0 Å². The van der Waals surface area contributed by atoms with Gasteiger partial charge in [0.1, 0.15) is 0 Å². The average molecular weight is 303 g/mol. The van der Waals surface area contributed by atoms with E-state index in [2.05, 4.69) is 27.9 Å². The summed E-state index contributed by atoms with van der Waals surface area (Å²) in [4.78, 5) is 11.4. The molecule has 1 N–H and O–H groups in total. The summed E-state index contributed by atoms with van der Waals surface area (Å²) < 4.78 is 1.13. The van der Waals surface area contributed by atoms with Crippen molar-refractivity contribution < 1.29 is 4.79 Å². The van der Waals surface area contributed by atoms with E-state index in [0.29, 0.717) is 12.3 Å². The SMILES string of the molecule is CC(C)CC(=O)Nc1cccc(I)c1. The number of hydrogen-bond acceptors (Lipinski definition) is 1. The van der Waals surface area contributed by atoms with Gasteiger partial charge < -0.3 is 5.32 Å². The number of anilines is 1. The highest BCUT2D eigenvalue weighted by Gasteiger charge is 2.04. The van der Waals surface area contributed by atoms with Crippen LogP contribution < -0.4 is 5.32 Å². The first-order valence-electron chi connectivity index (χ1n) is 4.63. The Hall–Kier alpha value is -0.580. The van der Waals surface area contributed by atoms with Gasteiger partial charge in [0.05, 0.1) is 0 Å². The molecular formula is C11H14INO. The predicted octanol–water partition coefficient (Wildman–Crippen LogP) is 3.28. The van der Waals surface area contributed by atoms with Gasteiger partial charge in [0.2, 0.25) is 5.91 Å². The highest BCUT2D eigenvalue weighted by molar-refractivity contribution is 14.1. The first-order chi connectivity index (χ1) is 6.58. The van der Waals surface area contributed by atoms with E-state index < -0.39 is 0 Å². The molecule has 1 rings (SSSR count). The molecule has 0 aliphatic rings. The van der Waals surface area contributed by atoms with Crippen LogP contribution in [0.4, 0.5) is 5.69 Å². The van der Waals surface area contributed by atoms with Crippen LogP contribution >= 0.6 is 22.6 Å². The molecule has 0 spiro atoms. The first-order valence-corrected chi connectivity index (χ1v) is 5.71. The zero-order valence-corrected chi connectivity index (χ0v) is 10.5. The van der Waals surface area contributed by atoms with Gasteiger partial charge in [-0.15, -0.1) is 0 Å². The molecule has 3 heteroatoms. The van der Waals surface area contributed by atoms with Crippen LogP contribution in [0.1, 0.15) is 20.3 Å². The van der Waals surface area contributed by atoms with E-state index >= 15 is 0 Å². The fourth-order valence-corrected chi connectivity index (χ4v) is 1.69. The number of carbonyl (C=O) groups excluding carboxylic acids is 1. The lowest BCUT2D eigenvalue weighted by Crippen LogP contribution is -2.13. The minimum Gasteiger partial charge on any atom is -0.326 e. The van der Waals surface area contributed by atoms with Crippen molar-refractivity contribution in [3.63, 3.8) is 0 Å². The molecule has 0 radical (unpaired) electrons. The monoisotopic (exact) mass is 303 g/mol. The molecule has 0 heterocycles. The predicted molar refractivity (Wildman–Crippen MR) is 67.2 cm³/mol. The van der Waals surface area contributed by atoms with Crippen LogP contribution in [0.15, 0.2) is 24.3 Å². The highest BCUT2D eigenvalue weighted by Crippen LogP contribution is 2.13. The molecule has 76 valence electrons. The third-order valence-corrected chi connectivity index (χ3v) is 2.37. The Morgan fingerprint density at radius 2 is 2.21 bits per heavy atom. The fraction of sp³-hybridized carbons (Fsp3) is 0.364. The van der Waals surface area contributed by atoms with Gasteiger partial charge in [-0.05, 0) is 46.7 Å². The van der Waals surface area contributed by atoms with Gasteiger partial charge in [0.25, 0.3) is 0 Å². The molecule has 0 atom stereocenters. The summed E-state index contributed by atoms with van der Waals surface area (Å²) >= 11 is 2.23. The first kappa shape index (κ1) is 11.5. The Morgan fingerprint density at radius 1 is 1.50 bits per heavy atom. The Balaban J connectivity index is 2.56. The lowest BCUT2D eigenvalue weighted by Gasteiger charge is -2.06. The molecule has 0 fully saturated rings. The molecule has 0 saturated heterocycles. The molecule has 1 amide bonds. The summed E-state index contributed by atoms with van der Waals surface area (Å²) in [6, 6.07) is 7.80. The summed E-state index contributed by atoms with van der Waals surface area (Å²) in [5.74, 6) is 0.486. The standard InChI is InChI=1S/C11H14INO/c1-8(2)6-11(14)13-10-5-3-4-9(12)7-10/h3-5,7-8H,6H2,1-2H3,(H,13,14). The Kier molecular flexibility index (Phi) is 4.38. The van der Waals surface area contributed by atoms with E-state index in [9.17, 15) is 4.79 Å². The number of halogens is 1. The van der Waals surface area contributed by atoms with Crippen LogP contribution in [0.5, 0.6) is 0 Å². The minimum atomic E-state index is 0.0852. The highest BCUT2D eigenvalue weighted by atomic mass is 127. The van der Waals surface area contributed by atoms with Crippen molar-refractivity contribution >= 4 is 34.2 Å². The van der Waals surface area contributed by atoms with Gasteiger partial charge >= 0.3 is 0 Å². The van der Waals surface area contributed by atoms with Crippen LogP contribution in [0.25, 0.3) is 0 Å². The average Bonchev–Trinajstić information content (AvgIpc) is 2.01. The molecule has 14 heavy (non-hydrogen) atoms. The number of hydrogen-bond donors (Lipinski definition) is 1. The number of carbonyl (C=O) groups is 1. The van der Waals surface area contributed by atoms with Crippen molar-refractivity contribution in [2.24, 2.45) is 5.92 Å². The van der Waals surface area contributed by atoms with Gasteiger partial charge in [0.15, 0.2) is 0 Å². The molecule has 0 aromatic heterocycles. The summed E-state index contributed by atoms with van der Waals surface area (Å²) in [5.41, 5.74) is 0.877. The van der Waals surface area contributed by atoms with Crippen LogP contribution in [0.3, 0.4) is 0 Å². The molecule has 1 aromatic carbocycles. The maximum absolute atomic E-state index is 11.4. The molecule has 0 bridgehead atoms. The Morgan fingerprint density at radius 3 is 2.79 bits per heavy atom. The van der Waals surface area contributed by atoms with Crippen LogP contribution in [-0.4, -0.2) is 5.91 Å². The summed E-state index contributed by atoms with van der Waals surface area (Å²) in [6.45, 7) is 4.07. The van der Waals surface area contributed by atoms with Crippen LogP contribution in [0, 0.1) is 9.49 Å². The van der Waals surface area contributed by atoms with Crippen molar-refractivity contribution in [3.05, 3.63) is 27.8 Å². The maximum atomic E-state index is 11.4. The lowest BCUT2D eigenvalue weighted by molar-refractivity contribution is -0.116. The number of nitrogens with one attached hydrogen (secondary N) is 1.